The van der Waals surface area contributed by atoms with E-state index in [9.17, 15) is 14.4 Å². The number of amides is 2. The zero-order valence-electron chi connectivity index (χ0n) is 16.1. The lowest BCUT2D eigenvalue weighted by atomic mass is 9.85. The van der Waals surface area contributed by atoms with E-state index in [4.69, 9.17) is 9.15 Å². The second kappa shape index (κ2) is 6.96. The van der Waals surface area contributed by atoms with Crippen molar-refractivity contribution in [2.24, 2.45) is 0 Å². The molecule has 1 atom stereocenters. The first-order chi connectivity index (χ1) is 13.4. The molecule has 0 saturated carbocycles. The van der Waals surface area contributed by atoms with Gasteiger partial charge in [-0.1, -0.05) is 0 Å². The predicted octanol–water partition coefficient (Wildman–Crippen LogP) is 2.17. The molecule has 0 aliphatic carbocycles. The van der Waals surface area contributed by atoms with Gasteiger partial charge in [-0.15, -0.1) is 0 Å². The fourth-order valence-corrected chi connectivity index (χ4v) is 4.29. The molecule has 7 heteroatoms. The highest BCUT2D eigenvalue weighted by molar-refractivity contribution is 5.82. The van der Waals surface area contributed by atoms with Crippen molar-refractivity contribution in [1.82, 2.24) is 9.80 Å². The van der Waals surface area contributed by atoms with Crippen LogP contribution < -0.4 is 10.4 Å². The van der Waals surface area contributed by atoms with Crippen LogP contribution in [0.25, 0.3) is 11.0 Å². The fourth-order valence-electron chi connectivity index (χ4n) is 4.29. The summed E-state index contributed by atoms with van der Waals surface area (Å²) in [5.74, 6) is 0.605. The molecule has 2 aromatic rings. The summed E-state index contributed by atoms with van der Waals surface area (Å²) in [4.78, 5) is 39.8. The molecule has 2 amide bonds. The summed E-state index contributed by atoms with van der Waals surface area (Å²) >= 11 is 0. The number of rotatable bonds is 3. The lowest BCUT2D eigenvalue weighted by Crippen LogP contribution is -2.54. The molecule has 0 radical (unpaired) electrons. The first-order valence-electron chi connectivity index (χ1n) is 9.64. The standard InChI is InChI=1S/C21H24N2O5/c1-14(27-16-5-3-15-4-6-19(25)28-17(15)13-16)20(26)23-11-9-21(10-12-23)8-7-18(24)22(21)2/h3-6,13-14H,7-12H2,1-2H3. The summed E-state index contributed by atoms with van der Waals surface area (Å²) in [6.45, 7) is 2.97. The summed E-state index contributed by atoms with van der Waals surface area (Å²) < 4.78 is 11.0. The van der Waals surface area contributed by atoms with Crippen molar-refractivity contribution in [3.8, 4) is 5.75 Å². The van der Waals surface area contributed by atoms with Crippen LogP contribution >= 0.6 is 0 Å². The van der Waals surface area contributed by atoms with Crippen molar-refractivity contribution in [3.05, 3.63) is 40.8 Å². The van der Waals surface area contributed by atoms with Gasteiger partial charge < -0.3 is 19.0 Å². The fraction of sp³-hybridized carbons (Fsp3) is 0.476. The first-order valence-corrected chi connectivity index (χ1v) is 9.64. The minimum absolute atomic E-state index is 0.0727. The third kappa shape index (κ3) is 3.25. The number of carbonyl (C=O) groups is 2. The second-order valence-electron chi connectivity index (χ2n) is 7.72. The van der Waals surface area contributed by atoms with Crippen LogP contribution in [0.2, 0.25) is 0 Å². The molecule has 1 spiro atoms. The van der Waals surface area contributed by atoms with Gasteiger partial charge in [0, 0.05) is 49.6 Å². The normalized spacial score (nSPS) is 20.0. The Morgan fingerprint density at radius 3 is 2.54 bits per heavy atom. The maximum absolute atomic E-state index is 12.8. The Morgan fingerprint density at radius 1 is 1.14 bits per heavy atom. The highest BCUT2D eigenvalue weighted by Crippen LogP contribution is 2.38. The highest BCUT2D eigenvalue weighted by Gasteiger charge is 2.45. The summed E-state index contributed by atoms with van der Waals surface area (Å²) in [5.41, 5.74) is -0.0849. The zero-order chi connectivity index (χ0) is 19.9. The number of benzene rings is 1. The molecule has 0 bridgehead atoms. The molecule has 0 N–H and O–H groups in total. The Labute approximate surface area is 162 Å². The monoisotopic (exact) mass is 384 g/mol. The number of hydrogen-bond acceptors (Lipinski definition) is 5. The number of carbonyl (C=O) groups excluding carboxylic acids is 2. The lowest BCUT2D eigenvalue weighted by molar-refractivity contribution is -0.141. The Hall–Kier alpha value is -2.83. The van der Waals surface area contributed by atoms with Gasteiger partial charge in [0.15, 0.2) is 6.10 Å². The zero-order valence-corrected chi connectivity index (χ0v) is 16.1. The Balaban J connectivity index is 1.40. The minimum atomic E-state index is -0.648. The van der Waals surface area contributed by atoms with E-state index in [0.29, 0.717) is 30.8 Å². The van der Waals surface area contributed by atoms with E-state index in [2.05, 4.69) is 0 Å². The summed E-state index contributed by atoms with van der Waals surface area (Å²) in [6, 6.07) is 8.24. The summed E-state index contributed by atoms with van der Waals surface area (Å²) in [5, 5.41) is 0.794. The molecule has 2 fully saturated rings. The largest absolute Gasteiger partial charge is 0.481 e. The molecule has 1 aromatic heterocycles. The van der Waals surface area contributed by atoms with E-state index in [1.165, 1.54) is 6.07 Å². The molecule has 7 nitrogen and oxygen atoms in total. The van der Waals surface area contributed by atoms with Crippen molar-refractivity contribution in [3.63, 3.8) is 0 Å². The van der Waals surface area contributed by atoms with Crippen molar-refractivity contribution in [1.29, 1.82) is 0 Å². The van der Waals surface area contributed by atoms with Gasteiger partial charge in [-0.25, -0.2) is 4.79 Å². The predicted molar refractivity (Wildman–Crippen MR) is 103 cm³/mol. The smallest absolute Gasteiger partial charge is 0.336 e. The van der Waals surface area contributed by atoms with Crippen molar-refractivity contribution in [2.75, 3.05) is 20.1 Å². The molecule has 4 rings (SSSR count). The number of hydrogen-bond donors (Lipinski definition) is 0. The van der Waals surface area contributed by atoms with Crippen LogP contribution in [-0.4, -0.2) is 53.4 Å². The van der Waals surface area contributed by atoms with Crippen LogP contribution in [-0.2, 0) is 9.59 Å². The Morgan fingerprint density at radius 2 is 1.86 bits per heavy atom. The van der Waals surface area contributed by atoms with E-state index >= 15 is 0 Å². The average Bonchev–Trinajstić information content (AvgIpc) is 2.96. The van der Waals surface area contributed by atoms with Gasteiger partial charge in [0.1, 0.15) is 11.3 Å². The minimum Gasteiger partial charge on any atom is -0.481 e. The van der Waals surface area contributed by atoms with Crippen molar-refractivity contribution >= 4 is 22.8 Å². The average molecular weight is 384 g/mol. The number of likely N-dealkylation sites (tertiary alicyclic amines) is 2. The topological polar surface area (TPSA) is 80.1 Å². The van der Waals surface area contributed by atoms with Crippen LogP contribution in [0.1, 0.15) is 32.6 Å². The SMILES string of the molecule is CC(Oc1ccc2ccc(=O)oc2c1)C(=O)N1CCC2(CCC(=O)N2C)CC1. The molecule has 2 aliphatic heterocycles. The van der Waals surface area contributed by atoms with Crippen molar-refractivity contribution < 1.29 is 18.7 Å². The Bertz CT molecular complexity index is 974. The van der Waals surface area contributed by atoms with Gasteiger partial charge in [-0.3, -0.25) is 9.59 Å². The number of nitrogens with zero attached hydrogens (tertiary/aromatic N) is 2. The van der Waals surface area contributed by atoms with Crippen LogP contribution in [0.3, 0.4) is 0 Å². The number of piperidine rings is 1. The molecule has 1 aromatic carbocycles. The third-order valence-corrected chi connectivity index (χ3v) is 6.15. The maximum atomic E-state index is 12.8. The molecule has 3 heterocycles. The van der Waals surface area contributed by atoms with Gasteiger partial charge in [0.05, 0.1) is 0 Å². The van der Waals surface area contributed by atoms with Gasteiger partial charge in [-0.2, -0.15) is 0 Å². The van der Waals surface area contributed by atoms with Gasteiger partial charge in [-0.05, 0) is 44.4 Å². The number of fused-ring (bicyclic) bond motifs is 1. The Kier molecular flexibility index (Phi) is 4.61. The van der Waals surface area contributed by atoms with Crippen LogP contribution in [0.5, 0.6) is 5.75 Å². The first kappa shape index (κ1) is 18.5. The van der Waals surface area contributed by atoms with Crippen LogP contribution in [0, 0.1) is 0 Å². The van der Waals surface area contributed by atoms with Gasteiger partial charge in [0.25, 0.3) is 5.91 Å². The quantitative estimate of drug-likeness (QED) is 0.758. The summed E-state index contributed by atoms with van der Waals surface area (Å²) in [7, 11) is 1.87. The van der Waals surface area contributed by atoms with E-state index < -0.39 is 11.7 Å². The third-order valence-electron chi connectivity index (χ3n) is 6.15. The van der Waals surface area contributed by atoms with Gasteiger partial charge in [0.2, 0.25) is 5.91 Å². The maximum Gasteiger partial charge on any atom is 0.336 e. The van der Waals surface area contributed by atoms with E-state index in [1.54, 1.807) is 31.2 Å². The van der Waals surface area contributed by atoms with Crippen LogP contribution in [0.4, 0.5) is 0 Å². The lowest BCUT2D eigenvalue weighted by Gasteiger charge is -2.43. The molecular weight excluding hydrogens is 360 g/mol. The highest BCUT2D eigenvalue weighted by atomic mass is 16.5. The molecule has 148 valence electrons. The molecule has 2 aliphatic rings. The summed E-state index contributed by atoms with van der Waals surface area (Å²) in [6.07, 6.45) is 2.43. The van der Waals surface area contributed by atoms with Gasteiger partial charge >= 0.3 is 5.63 Å². The molecule has 2 saturated heterocycles. The second-order valence-corrected chi connectivity index (χ2v) is 7.72. The number of ether oxygens (including phenoxy) is 1. The molecule has 28 heavy (non-hydrogen) atoms. The molecular formula is C21H24N2O5. The van der Waals surface area contributed by atoms with Crippen LogP contribution in [0.15, 0.2) is 39.5 Å². The molecule has 1 unspecified atom stereocenters. The van der Waals surface area contributed by atoms with E-state index in [-0.39, 0.29) is 17.4 Å². The van der Waals surface area contributed by atoms with E-state index in [1.807, 2.05) is 16.8 Å². The van der Waals surface area contributed by atoms with E-state index in [0.717, 1.165) is 24.6 Å². The van der Waals surface area contributed by atoms with Crippen molar-refractivity contribution in [2.45, 2.75) is 44.2 Å².